The highest BCUT2D eigenvalue weighted by atomic mass is 31.2. The monoisotopic (exact) mass is 433 g/mol. The lowest BCUT2D eigenvalue weighted by atomic mass is 10.3. The van der Waals surface area contributed by atoms with Gasteiger partial charge in [0.25, 0.3) is 11.4 Å². The van der Waals surface area contributed by atoms with Crippen LogP contribution in [0.2, 0.25) is 0 Å². The molecule has 0 spiro atoms. The molecule has 0 N–H and O–H groups in total. The molecule has 9 heteroatoms. The van der Waals surface area contributed by atoms with E-state index in [-0.39, 0.29) is 17.7 Å². The highest BCUT2D eigenvalue weighted by molar-refractivity contribution is 7.78. The first-order valence-electron chi connectivity index (χ1n) is 10.1. The summed E-state index contributed by atoms with van der Waals surface area (Å²) in [6.07, 6.45) is 4.04. The Labute approximate surface area is 176 Å². The van der Waals surface area contributed by atoms with Crippen LogP contribution < -0.4 is 10.6 Å². The molecule has 0 saturated heterocycles. The van der Waals surface area contributed by atoms with Crippen molar-refractivity contribution in [2.75, 3.05) is 19.4 Å². The minimum Gasteiger partial charge on any atom is -0.312 e. The first-order valence-corrected chi connectivity index (χ1v) is 12.0. The van der Waals surface area contributed by atoms with Crippen LogP contribution in [-0.2, 0) is 4.57 Å². The van der Waals surface area contributed by atoms with E-state index in [0.29, 0.717) is 10.6 Å². The van der Waals surface area contributed by atoms with Crippen molar-refractivity contribution in [3.05, 3.63) is 68.8 Å². The highest BCUT2D eigenvalue weighted by Gasteiger charge is 2.32. The van der Waals surface area contributed by atoms with Gasteiger partial charge < -0.3 is 4.57 Å². The first-order chi connectivity index (χ1) is 14.3. The van der Waals surface area contributed by atoms with Crippen LogP contribution in [0.1, 0.15) is 39.5 Å². The third-order valence-corrected chi connectivity index (χ3v) is 7.99. The first kappa shape index (κ1) is 23.7. The van der Waals surface area contributed by atoms with Gasteiger partial charge in [0.2, 0.25) is 0 Å². The Morgan fingerprint density at radius 1 is 0.833 bits per heavy atom. The third-order valence-electron chi connectivity index (χ3n) is 4.97. The second-order valence-electron chi connectivity index (χ2n) is 7.26. The summed E-state index contributed by atoms with van der Waals surface area (Å²) in [6, 6.07) is 11.6. The minimum absolute atomic E-state index is 0.146. The van der Waals surface area contributed by atoms with E-state index in [4.69, 9.17) is 0 Å². The van der Waals surface area contributed by atoms with Crippen molar-refractivity contribution in [3.63, 3.8) is 0 Å². The van der Waals surface area contributed by atoms with Crippen LogP contribution in [0.5, 0.6) is 0 Å². The van der Waals surface area contributed by atoms with Crippen LogP contribution in [-0.4, -0.2) is 34.1 Å². The van der Waals surface area contributed by atoms with Crippen LogP contribution in [0.15, 0.2) is 48.5 Å². The fraction of sp³-hybridized carbons (Fsp3) is 0.429. The Bertz CT molecular complexity index is 865. The number of non-ortho nitro benzene ring substituents is 2. The van der Waals surface area contributed by atoms with Gasteiger partial charge in [-0.3, -0.25) is 25.1 Å². The summed E-state index contributed by atoms with van der Waals surface area (Å²) in [6.45, 7) is 5.67. The molecule has 0 fully saturated rings. The number of hydrogen-bond acceptors (Lipinski definition) is 6. The van der Waals surface area contributed by atoms with Crippen LogP contribution in [0.3, 0.4) is 0 Å². The van der Waals surface area contributed by atoms with Gasteiger partial charge in [0.1, 0.15) is 0 Å². The van der Waals surface area contributed by atoms with E-state index in [9.17, 15) is 24.8 Å². The zero-order valence-electron chi connectivity index (χ0n) is 17.4. The Morgan fingerprint density at radius 3 is 1.63 bits per heavy atom. The molecule has 0 radical (unpaired) electrons. The third kappa shape index (κ3) is 5.97. The quantitative estimate of drug-likeness (QED) is 0.273. The summed E-state index contributed by atoms with van der Waals surface area (Å²) in [7, 11) is -3.38. The number of hydrogen-bond donors (Lipinski definition) is 0. The molecule has 0 bridgehead atoms. The molecule has 0 aliphatic carbocycles. The predicted octanol–water partition coefficient (Wildman–Crippen LogP) is 4.68. The van der Waals surface area contributed by atoms with Gasteiger partial charge in [0, 0.05) is 34.9 Å². The average Bonchev–Trinajstić information content (AvgIpc) is 2.75. The molecule has 0 amide bonds. The number of unbranched alkanes of at least 4 members (excludes halogenated alkanes) is 2. The van der Waals surface area contributed by atoms with Crippen LogP contribution in [0.25, 0.3) is 0 Å². The van der Waals surface area contributed by atoms with E-state index in [1.165, 1.54) is 36.4 Å². The van der Waals surface area contributed by atoms with Crippen molar-refractivity contribution in [3.8, 4) is 0 Å². The maximum absolute atomic E-state index is 14.4. The smallest absolute Gasteiger partial charge is 0.270 e. The normalized spacial score (nSPS) is 11.6. The van der Waals surface area contributed by atoms with Crippen molar-refractivity contribution in [2.45, 2.75) is 39.5 Å². The Balaban J connectivity index is 2.57. The van der Waals surface area contributed by atoms with Gasteiger partial charge >= 0.3 is 0 Å². The van der Waals surface area contributed by atoms with Gasteiger partial charge in [0.05, 0.1) is 16.1 Å². The van der Waals surface area contributed by atoms with Crippen LogP contribution in [0, 0.1) is 20.2 Å². The van der Waals surface area contributed by atoms with Gasteiger partial charge in [-0.05, 0) is 25.9 Å². The Morgan fingerprint density at radius 2 is 1.27 bits per heavy atom. The second-order valence-corrected chi connectivity index (χ2v) is 10.1. The largest absolute Gasteiger partial charge is 0.312 e. The lowest BCUT2D eigenvalue weighted by Gasteiger charge is -2.28. The summed E-state index contributed by atoms with van der Waals surface area (Å²) in [5.74, 6) is 0. The van der Waals surface area contributed by atoms with Crippen molar-refractivity contribution in [1.29, 1.82) is 0 Å². The molecular formula is C21H28N3O5P. The van der Waals surface area contributed by atoms with Crippen molar-refractivity contribution in [2.24, 2.45) is 0 Å². The van der Waals surface area contributed by atoms with E-state index < -0.39 is 17.0 Å². The van der Waals surface area contributed by atoms with Gasteiger partial charge in [0.15, 0.2) is 7.14 Å². The SMILES string of the molecule is CCCCN(CCCC)CP(=O)(c1cccc([N+](=O)[O-])c1)c1cccc([N+](=O)[O-])c1. The Hall–Kier alpha value is -2.57. The molecule has 30 heavy (non-hydrogen) atoms. The van der Waals surface area contributed by atoms with Crippen LogP contribution in [0.4, 0.5) is 11.4 Å². The molecule has 2 aromatic rings. The molecular weight excluding hydrogens is 405 g/mol. The van der Waals surface area contributed by atoms with Gasteiger partial charge in [-0.1, -0.05) is 51.0 Å². The molecule has 2 aromatic carbocycles. The summed E-state index contributed by atoms with van der Waals surface area (Å²) < 4.78 is 14.4. The van der Waals surface area contributed by atoms with Gasteiger partial charge in [-0.2, -0.15) is 0 Å². The van der Waals surface area contributed by atoms with Crippen LogP contribution >= 0.6 is 7.14 Å². The number of nitrogens with zero attached hydrogens (tertiary/aromatic N) is 3. The van der Waals surface area contributed by atoms with E-state index >= 15 is 0 Å². The molecule has 0 aliphatic rings. The molecule has 0 atom stereocenters. The summed E-state index contributed by atoms with van der Waals surface area (Å²) >= 11 is 0. The lowest BCUT2D eigenvalue weighted by Crippen LogP contribution is -2.32. The molecule has 162 valence electrons. The highest BCUT2D eigenvalue weighted by Crippen LogP contribution is 2.45. The topological polar surface area (TPSA) is 107 Å². The summed E-state index contributed by atoms with van der Waals surface area (Å²) in [4.78, 5) is 23.6. The zero-order chi connectivity index (χ0) is 22.1. The molecule has 0 aliphatic heterocycles. The molecule has 0 unspecified atom stereocenters. The summed E-state index contributed by atoms with van der Waals surface area (Å²) in [5, 5.41) is 23.2. The van der Waals surface area contributed by atoms with E-state index in [1.54, 1.807) is 12.1 Å². The van der Waals surface area contributed by atoms with E-state index in [1.807, 2.05) is 0 Å². The Kier molecular flexibility index (Phi) is 8.69. The molecule has 8 nitrogen and oxygen atoms in total. The minimum atomic E-state index is -3.38. The molecule has 0 aromatic heterocycles. The molecule has 2 rings (SSSR count). The zero-order valence-corrected chi connectivity index (χ0v) is 18.3. The second kappa shape index (κ2) is 11.0. The van der Waals surface area contributed by atoms with Crippen molar-refractivity contribution >= 4 is 29.1 Å². The van der Waals surface area contributed by atoms with E-state index in [2.05, 4.69) is 18.7 Å². The number of nitro groups is 2. The number of rotatable bonds is 12. The van der Waals surface area contributed by atoms with Gasteiger partial charge in [-0.25, -0.2) is 0 Å². The van der Waals surface area contributed by atoms with Gasteiger partial charge in [-0.15, -0.1) is 0 Å². The summed E-state index contributed by atoms with van der Waals surface area (Å²) in [5.41, 5.74) is -0.293. The maximum Gasteiger partial charge on any atom is 0.270 e. The number of benzene rings is 2. The molecule has 0 heterocycles. The predicted molar refractivity (Wildman–Crippen MR) is 119 cm³/mol. The maximum atomic E-state index is 14.4. The average molecular weight is 433 g/mol. The molecule has 0 saturated carbocycles. The lowest BCUT2D eigenvalue weighted by molar-refractivity contribution is -0.384. The van der Waals surface area contributed by atoms with Crippen molar-refractivity contribution < 1.29 is 14.4 Å². The van der Waals surface area contributed by atoms with E-state index in [0.717, 1.165) is 38.8 Å². The number of nitro benzene ring substituents is 2. The van der Waals surface area contributed by atoms with Crippen molar-refractivity contribution in [1.82, 2.24) is 4.90 Å². The standard InChI is InChI=1S/C21H28N3O5P/c1-3-5-13-22(14-6-4-2)17-30(29,20-11-7-9-18(15-20)23(25)26)21-12-8-10-19(16-21)24(27)28/h7-12,15-16H,3-6,13-14,17H2,1-2H3. The fourth-order valence-corrected chi connectivity index (χ4v) is 6.08. The fourth-order valence-electron chi connectivity index (χ4n) is 3.27.